The zero-order valence-electron chi connectivity index (χ0n) is 14.2. The van der Waals surface area contributed by atoms with Gasteiger partial charge >= 0.3 is 6.36 Å². The molecule has 2 rings (SSSR count). The maximum atomic E-state index is 12.6. The van der Waals surface area contributed by atoms with Gasteiger partial charge in [-0.2, -0.15) is 0 Å². The molecular weight excluding hydrogens is 421 g/mol. The molecule has 0 bridgehead atoms. The molecule has 14 heteroatoms. The summed E-state index contributed by atoms with van der Waals surface area (Å²) in [5.41, 5.74) is 8.64. The Labute approximate surface area is 161 Å². The number of nitrogens with one attached hydrogen (secondary N) is 2. The van der Waals surface area contributed by atoms with Gasteiger partial charge in [0.15, 0.2) is 5.69 Å². The van der Waals surface area contributed by atoms with Crippen LogP contribution in [0.3, 0.4) is 0 Å². The standard InChI is InChI=1S/C15H13F3N4O6S/c16-15(17,18)28-8-1-3-9(4-2-8)29(26,27)10-5-11(19)13(20-6-10)14(25)22-21-12(24)7-23/h1-6,23H,7,19H2,(H,21,24)(H,22,25). The van der Waals surface area contributed by atoms with Crippen molar-refractivity contribution in [3.8, 4) is 5.75 Å². The van der Waals surface area contributed by atoms with Crippen molar-refractivity contribution in [1.82, 2.24) is 15.8 Å². The molecule has 0 atom stereocenters. The second-order valence-electron chi connectivity index (χ2n) is 5.29. The lowest BCUT2D eigenvalue weighted by atomic mass is 10.3. The number of hydrogen-bond acceptors (Lipinski definition) is 8. The number of rotatable bonds is 5. The maximum absolute atomic E-state index is 12.6. The summed E-state index contributed by atoms with van der Waals surface area (Å²) in [5, 5.41) is 8.55. The molecule has 0 fully saturated rings. The number of hydrazine groups is 1. The van der Waals surface area contributed by atoms with Crippen molar-refractivity contribution in [2.24, 2.45) is 0 Å². The number of nitrogens with zero attached hydrogens (tertiary/aromatic N) is 1. The number of halogens is 3. The van der Waals surface area contributed by atoms with Crippen molar-refractivity contribution in [1.29, 1.82) is 0 Å². The Morgan fingerprint density at radius 1 is 1.14 bits per heavy atom. The number of ether oxygens (including phenoxy) is 1. The van der Waals surface area contributed by atoms with Crippen molar-refractivity contribution in [2.45, 2.75) is 16.2 Å². The second-order valence-corrected chi connectivity index (χ2v) is 7.24. The summed E-state index contributed by atoms with van der Waals surface area (Å²) in [6, 6.07) is 4.37. The van der Waals surface area contributed by atoms with E-state index in [2.05, 4.69) is 9.72 Å². The SMILES string of the molecule is Nc1cc(S(=O)(=O)c2ccc(OC(F)(F)F)cc2)cnc1C(=O)NNC(=O)CO. The van der Waals surface area contributed by atoms with Crippen molar-refractivity contribution < 1.29 is 41.0 Å². The quantitative estimate of drug-likeness (QED) is 0.484. The van der Waals surface area contributed by atoms with Crippen molar-refractivity contribution >= 4 is 27.3 Å². The third-order valence-corrected chi connectivity index (χ3v) is 4.98. The number of carbonyl (C=O) groups is 2. The minimum atomic E-state index is -4.92. The van der Waals surface area contributed by atoms with Gasteiger partial charge in [-0.05, 0) is 30.3 Å². The van der Waals surface area contributed by atoms with Gasteiger partial charge < -0.3 is 15.6 Å². The Hall–Kier alpha value is -3.39. The molecule has 1 aromatic heterocycles. The van der Waals surface area contributed by atoms with Gasteiger partial charge in [-0.1, -0.05) is 0 Å². The van der Waals surface area contributed by atoms with Gasteiger partial charge in [-0.25, -0.2) is 13.4 Å². The summed E-state index contributed by atoms with van der Waals surface area (Å²) in [6.45, 7) is -0.882. The summed E-state index contributed by atoms with van der Waals surface area (Å²) < 4.78 is 65.3. The number of amides is 2. The van der Waals surface area contributed by atoms with E-state index in [1.807, 2.05) is 10.9 Å². The third kappa shape index (κ3) is 5.55. The molecule has 0 radical (unpaired) electrons. The molecule has 1 aromatic carbocycles. The smallest absolute Gasteiger partial charge is 0.406 e. The van der Waals surface area contributed by atoms with Gasteiger partial charge in [-0.15, -0.1) is 13.2 Å². The monoisotopic (exact) mass is 434 g/mol. The molecule has 5 N–H and O–H groups in total. The minimum Gasteiger partial charge on any atom is -0.406 e. The topological polar surface area (TPSA) is 161 Å². The number of hydrogen-bond donors (Lipinski definition) is 4. The number of sulfone groups is 1. The number of nitrogens with two attached hydrogens (primary N) is 1. The number of benzene rings is 1. The average molecular weight is 434 g/mol. The molecule has 0 saturated heterocycles. The van der Waals surface area contributed by atoms with E-state index in [4.69, 9.17) is 10.8 Å². The third-order valence-electron chi connectivity index (χ3n) is 3.24. The van der Waals surface area contributed by atoms with Crippen LogP contribution in [0.25, 0.3) is 0 Å². The fourth-order valence-electron chi connectivity index (χ4n) is 1.98. The highest BCUT2D eigenvalue weighted by atomic mass is 32.2. The molecule has 29 heavy (non-hydrogen) atoms. The number of nitrogen functional groups attached to an aromatic ring is 1. The molecule has 0 saturated carbocycles. The predicted molar refractivity (Wildman–Crippen MR) is 89.9 cm³/mol. The molecule has 0 unspecified atom stereocenters. The van der Waals surface area contributed by atoms with Crippen LogP contribution < -0.4 is 21.3 Å². The van der Waals surface area contributed by atoms with E-state index in [0.29, 0.717) is 0 Å². The first-order chi connectivity index (χ1) is 13.4. The van der Waals surface area contributed by atoms with Crippen molar-refractivity contribution in [3.63, 3.8) is 0 Å². The van der Waals surface area contributed by atoms with Crippen molar-refractivity contribution in [3.05, 3.63) is 42.2 Å². The number of carbonyl (C=O) groups excluding carboxylic acids is 2. The molecular formula is C15H13F3N4O6S. The molecule has 156 valence electrons. The normalized spacial score (nSPS) is 11.6. The highest BCUT2D eigenvalue weighted by Crippen LogP contribution is 2.27. The second kappa shape index (κ2) is 8.32. The summed E-state index contributed by atoms with van der Waals surface area (Å²) in [7, 11) is -4.21. The molecule has 2 amide bonds. The van der Waals surface area contributed by atoms with Crippen LogP contribution >= 0.6 is 0 Å². The average Bonchev–Trinajstić information content (AvgIpc) is 2.64. The van der Waals surface area contributed by atoms with E-state index < -0.39 is 51.0 Å². The fraction of sp³-hybridized carbons (Fsp3) is 0.133. The van der Waals surface area contributed by atoms with Crippen molar-refractivity contribution in [2.75, 3.05) is 12.3 Å². The van der Waals surface area contributed by atoms with Gasteiger partial charge in [0.05, 0.1) is 15.5 Å². The fourth-order valence-corrected chi connectivity index (χ4v) is 3.22. The Balaban J connectivity index is 2.24. The molecule has 0 aliphatic heterocycles. The Bertz CT molecular complexity index is 1030. The van der Waals surface area contributed by atoms with Crippen LogP contribution in [0, 0.1) is 0 Å². The first kappa shape index (κ1) is 21.9. The number of pyridine rings is 1. The highest BCUT2D eigenvalue weighted by molar-refractivity contribution is 7.91. The van der Waals surface area contributed by atoms with Gasteiger partial charge in [0.1, 0.15) is 12.4 Å². The lowest BCUT2D eigenvalue weighted by Gasteiger charge is -2.11. The first-order valence-electron chi connectivity index (χ1n) is 7.50. The summed E-state index contributed by atoms with van der Waals surface area (Å²) >= 11 is 0. The van der Waals surface area contributed by atoms with E-state index in [9.17, 15) is 31.2 Å². The van der Waals surface area contributed by atoms with E-state index in [1.54, 1.807) is 0 Å². The number of aromatic nitrogens is 1. The van der Waals surface area contributed by atoms with Crippen LogP contribution in [0.2, 0.25) is 0 Å². The Kier molecular flexibility index (Phi) is 6.28. The number of aliphatic hydroxyl groups excluding tert-OH is 1. The predicted octanol–water partition coefficient (Wildman–Crippen LogP) is 0.148. The highest BCUT2D eigenvalue weighted by Gasteiger charge is 2.31. The van der Waals surface area contributed by atoms with Crippen LogP contribution in [-0.2, 0) is 14.6 Å². The largest absolute Gasteiger partial charge is 0.573 e. The molecule has 10 nitrogen and oxygen atoms in total. The van der Waals surface area contributed by atoms with Crippen LogP contribution in [-0.4, -0.2) is 43.3 Å². The van der Waals surface area contributed by atoms with Gasteiger partial charge in [0.2, 0.25) is 9.84 Å². The van der Waals surface area contributed by atoms with E-state index in [-0.39, 0.29) is 10.6 Å². The van der Waals surface area contributed by atoms with E-state index in [1.165, 1.54) is 0 Å². The number of aliphatic hydroxyl groups is 1. The Morgan fingerprint density at radius 2 is 1.76 bits per heavy atom. The number of alkyl halides is 3. The van der Waals surface area contributed by atoms with Crippen LogP contribution in [0.5, 0.6) is 5.75 Å². The zero-order chi connectivity index (χ0) is 21.8. The lowest BCUT2D eigenvalue weighted by molar-refractivity contribution is -0.274. The van der Waals surface area contributed by atoms with Gasteiger partial charge in [0, 0.05) is 6.20 Å². The van der Waals surface area contributed by atoms with Crippen LogP contribution in [0.4, 0.5) is 18.9 Å². The van der Waals surface area contributed by atoms with Gasteiger partial charge in [-0.3, -0.25) is 20.4 Å². The molecule has 0 aliphatic carbocycles. The van der Waals surface area contributed by atoms with Crippen LogP contribution in [0.15, 0.2) is 46.3 Å². The first-order valence-corrected chi connectivity index (χ1v) is 8.99. The summed E-state index contributed by atoms with van der Waals surface area (Å²) in [4.78, 5) is 25.6. The molecule has 2 aromatic rings. The van der Waals surface area contributed by atoms with E-state index in [0.717, 1.165) is 36.5 Å². The van der Waals surface area contributed by atoms with E-state index >= 15 is 0 Å². The lowest BCUT2D eigenvalue weighted by Crippen LogP contribution is -2.43. The maximum Gasteiger partial charge on any atom is 0.573 e. The van der Waals surface area contributed by atoms with Gasteiger partial charge in [0.25, 0.3) is 11.8 Å². The molecule has 1 heterocycles. The zero-order valence-corrected chi connectivity index (χ0v) is 15.0. The summed E-state index contributed by atoms with van der Waals surface area (Å²) in [6.07, 6.45) is -4.11. The Morgan fingerprint density at radius 3 is 2.28 bits per heavy atom. The summed E-state index contributed by atoms with van der Waals surface area (Å²) in [5.74, 6) is -2.48. The minimum absolute atomic E-state index is 0.348. The molecule has 0 aliphatic rings. The van der Waals surface area contributed by atoms with Crippen LogP contribution in [0.1, 0.15) is 10.5 Å². The molecule has 0 spiro atoms. The number of anilines is 1.